The van der Waals surface area contributed by atoms with Crippen LogP contribution in [0.25, 0.3) is 6.08 Å². The third-order valence-electron chi connectivity index (χ3n) is 4.36. The Morgan fingerprint density at radius 1 is 1.24 bits per heavy atom. The van der Waals surface area contributed by atoms with E-state index < -0.39 is 11.8 Å². The van der Waals surface area contributed by atoms with E-state index in [1.165, 1.54) is 11.0 Å². The Balaban J connectivity index is 2.06. The first kappa shape index (κ1) is 21.3. The number of halogens is 1. The highest BCUT2D eigenvalue weighted by atomic mass is 127. The van der Waals surface area contributed by atoms with Crippen LogP contribution in [-0.2, 0) is 9.59 Å². The van der Waals surface area contributed by atoms with Gasteiger partial charge in [-0.25, -0.2) is 0 Å². The number of phenolic OH excluding ortho intramolecular Hbond substituents is 1. The van der Waals surface area contributed by atoms with Crippen molar-refractivity contribution in [2.24, 2.45) is 0 Å². The van der Waals surface area contributed by atoms with E-state index in [-0.39, 0.29) is 22.2 Å². The van der Waals surface area contributed by atoms with Gasteiger partial charge in [0, 0.05) is 0 Å². The molecular weight excluding hydrogens is 503 g/mol. The number of benzene rings is 2. The van der Waals surface area contributed by atoms with Crippen molar-refractivity contribution in [1.82, 2.24) is 5.32 Å². The Bertz CT molecular complexity index is 1060. The number of thiocarbonyl (C=S) groups is 1. The second-order valence-corrected chi connectivity index (χ2v) is 8.08. The van der Waals surface area contributed by atoms with E-state index in [4.69, 9.17) is 17.0 Å². The molecule has 0 aliphatic carbocycles. The van der Waals surface area contributed by atoms with Gasteiger partial charge in [-0.1, -0.05) is 17.7 Å². The highest BCUT2D eigenvalue weighted by Crippen LogP contribution is 2.34. The normalized spacial score (nSPS) is 15.7. The van der Waals surface area contributed by atoms with Crippen molar-refractivity contribution in [1.29, 1.82) is 0 Å². The number of anilines is 1. The van der Waals surface area contributed by atoms with Crippen molar-refractivity contribution in [3.05, 3.63) is 56.2 Å². The first-order valence-corrected chi connectivity index (χ1v) is 10.4. The average molecular weight is 522 g/mol. The van der Waals surface area contributed by atoms with E-state index in [1.54, 1.807) is 25.1 Å². The maximum Gasteiger partial charge on any atom is 0.270 e. The number of carbonyl (C=O) groups excluding carboxylic acids is 2. The van der Waals surface area contributed by atoms with Gasteiger partial charge in [-0.2, -0.15) is 0 Å². The minimum absolute atomic E-state index is 0.0205. The molecule has 1 fully saturated rings. The Kier molecular flexibility index (Phi) is 6.23. The number of aryl methyl sites for hydroxylation is 2. The molecule has 0 atom stereocenters. The Morgan fingerprint density at radius 3 is 2.62 bits per heavy atom. The Labute approximate surface area is 187 Å². The summed E-state index contributed by atoms with van der Waals surface area (Å²) in [5.74, 6) is -0.766. The smallest absolute Gasteiger partial charge is 0.270 e. The molecule has 2 amide bonds. The lowest BCUT2D eigenvalue weighted by Crippen LogP contribution is -2.54. The number of ether oxygens (including phenoxy) is 1. The zero-order chi connectivity index (χ0) is 21.3. The second-order valence-electron chi connectivity index (χ2n) is 6.53. The van der Waals surface area contributed by atoms with Gasteiger partial charge in [-0.05, 0) is 91.0 Å². The van der Waals surface area contributed by atoms with Gasteiger partial charge in [0.1, 0.15) is 5.57 Å². The molecule has 6 nitrogen and oxygen atoms in total. The molecule has 0 bridgehead atoms. The minimum atomic E-state index is -0.568. The van der Waals surface area contributed by atoms with Crippen LogP contribution in [0.1, 0.15) is 23.6 Å². The van der Waals surface area contributed by atoms with Crippen LogP contribution in [-0.4, -0.2) is 28.6 Å². The van der Waals surface area contributed by atoms with Crippen LogP contribution >= 0.6 is 34.8 Å². The minimum Gasteiger partial charge on any atom is -0.504 e. The van der Waals surface area contributed by atoms with Crippen molar-refractivity contribution in [3.8, 4) is 11.5 Å². The number of hydrogen-bond donors (Lipinski definition) is 2. The molecule has 2 N–H and O–H groups in total. The van der Waals surface area contributed by atoms with Crippen molar-refractivity contribution < 1.29 is 19.4 Å². The van der Waals surface area contributed by atoms with Gasteiger partial charge in [0.15, 0.2) is 16.6 Å². The van der Waals surface area contributed by atoms with E-state index in [1.807, 2.05) is 48.6 Å². The summed E-state index contributed by atoms with van der Waals surface area (Å²) in [7, 11) is 0. The molecule has 29 heavy (non-hydrogen) atoms. The topological polar surface area (TPSA) is 78.9 Å². The van der Waals surface area contributed by atoms with E-state index in [2.05, 4.69) is 5.32 Å². The van der Waals surface area contributed by atoms with Crippen LogP contribution in [0, 0.1) is 17.4 Å². The van der Waals surface area contributed by atoms with E-state index in [0.29, 0.717) is 21.4 Å². The molecule has 0 aromatic heterocycles. The van der Waals surface area contributed by atoms with Crippen LogP contribution in [0.4, 0.5) is 5.69 Å². The van der Waals surface area contributed by atoms with Gasteiger partial charge in [0.05, 0.1) is 15.9 Å². The third kappa shape index (κ3) is 4.27. The summed E-state index contributed by atoms with van der Waals surface area (Å²) in [6.07, 6.45) is 1.47. The van der Waals surface area contributed by atoms with Crippen LogP contribution in [0.2, 0.25) is 0 Å². The van der Waals surface area contributed by atoms with Gasteiger partial charge in [0.2, 0.25) is 0 Å². The molecule has 2 aromatic rings. The van der Waals surface area contributed by atoms with Crippen LogP contribution in [0.5, 0.6) is 11.5 Å². The number of hydrogen-bond acceptors (Lipinski definition) is 5. The van der Waals surface area contributed by atoms with Gasteiger partial charge in [0.25, 0.3) is 11.8 Å². The van der Waals surface area contributed by atoms with Crippen molar-refractivity contribution in [3.63, 3.8) is 0 Å². The summed E-state index contributed by atoms with van der Waals surface area (Å²) >= 11 is 7.23. The van der Waals surface area contributed by atoms with Crippen molar-refractivity contribution in [2.75, 3.05) is 11.5 Å². The lowest BCUT2D eigenvalue weighted by Gasteiger charge is -2.30. The van der Waals surface area contributed by atoms with Crippen LogP contribution in [0.15, 0.2) is 35.9 Å². The van der Waals surface area contributed by atoms with Gasteiger partial charge in [-0.15, -0.1) is 0 Å². The highest BCUT2D eigenvalue weighted by molar-refractivity contribution is 14.1. The van der Waals surface area contributed by atoms with Gasteiger partial charge in [-0.3, -0.25) is 19.8 Å². The van der Waals surface area contributed by atoms with Crippen molar-refractivity contribution in [2.45, 2.75) is 20.8 Å². The SMILES string of the molecule is CCOc1cc(/C=C2\C(=O)NC(=S)N(c3ccc(C)cc3C)C2=O)cc(I)c1O. The Hall–Kier alpha value is -2.46. The fraction of sp³-hybridized carbons (Fsp3) is 0.190. The number of phenols is 1. The molecule has 8 heteroatoms. The number of nitrogens with one attached hydrogen (secondary N) is 1. The number of carbonyl (C=O) groups is 2. The molecule has 0 unspecified atom stereocenters. The lowest BCUT2D eigenvalue weighted by molar-refractivity contribution is -0.122. The van der Waals surface area contributed by atoms with Crippen LogP contribution in [0.3, 0.4) is 0 Å². The standard InChI is InChI=1S/C21H19IN2O4S/c1-4-28-17-10-13(9-15(22)18(17)25)8-14-19(26)23-21(29)24(20(14)27)16-6-5-11(2)7-12(16)3/h5-10,25H,4H2,1-3H3,(H,23,26,29)/b14-8+. The zero-order valence-electron chi connectivity index (χ0n) is 16.1. The monoisotopic (exact) mass is 522 g/mol. The molecule has 0 saturated carbocycles. The maximum atomic E-state index is 13.2. The van der Waals surface area contributed by atoms with E-state index in [9.17, 15) is 14.7 Å². The summed E-state index contributed by atoms with van der Waals surface area (Å²) < 4.78 is 5.98. The molecular formula is C21H19IN2O4S. The first-order chi connectivity index (χ1) is 13.7. The predicted octanol–water partition coefficient (Wildman–Crippen LogP) is 3.84. The summed E-state index contributed by atoms with van der Waals surface area (Å²) in [4.78, 5) is 27.0. The molecule has 0 spiro atoms. The van der Waals surface area contributed by atoms with Crippen molar-refractivity contribution >= 4 is 63.5 Å². The Morgan fingerprint density at radius 2 is 1.97 bits per heavy atom. The zero-order valence-corrected chi connectivity index (χ0v) is 19.1. The molecule has 3 rings (SSSR count). The number of rotatable bonds is 4. The molecule has 1 heterocycles. The quantitative estimate of drug-likeness (QED) is 0.276. The van der Waals surface area contributed by atoms with E-state index >= 15 is 0 Å². The fourth-order valence-corrected chi connectivity index (χ4v) is 3.94. The van der Waals surface area contributed by atoms with Crippen LogP contribution < -0.4 is 15.0 Å². The molecule has 1 aliphatic rings. The lowest BCUT2D eigenvalue weighted by atomic mass is 10.0. The molecule has 1 aliphatic heterocycles. The highest BCUT2D eigenvalue weighted by Gasteiger charge is 2.35. The number of amides is 2. The second kappa shape index (κ2) is 8.50. The average Bonchev–Trinajstić information content (AvgIpc) is 2.64. The molecule has 0 radical (unpaired) electrons. The largest absolute Gasteiger partial charge is 0.504 e. The van der Waals surface area contributed by atoms with E-state index in [0.717, 1.165) is 11.1 Å². The predicted molar refractivity (Wildman–Crippen MR) is 124 cm³/mol. The number of aromatic hydroxyl groups is 1. The van der Waals surface area contributed by atoms with Gasteiger partial charge >= 0.3 is 0 Å². The first-order valence-electron chi connectivity index (χ1n) is 8.87. The fourth-order valence-electron chi connectivity index (χ4n) is 3.04. The summed E-state index contributed by atoms with van der Waals surface area (Å²) in [5.41, 5.74) is 3.05. The number of nitrogens with zero attached hydrogens (tertiary/aromatic N) is 1. The molecule has 150 valence electrons. The third-order valence-corrected chi connectivity index (χ3v) is 5.46. The molecule has 1 saturated heterocycles. The summed E-state index contributed by atoms with van der Waals surface area (Å²) in [6.45, 7) is 6.02. The maximum absolute atomic E-state index is 13.2. The van der Waals surface area contributed by atoms with Gasteiger partial charge < -0.3 is 9.84 Å². The molecule has 2 aromatic carbocycles. The summed E-state index contributed by atoms with van der Waals surface area (Å²) in [5, 5.41) is 12.7. The summed E-state index contributed by atoms with van der Waals surface area (Å²) in [6, 6.07) is 8.89.